The quantitative estimate of drug-likeness (QED) is 0.0252. The molecule has 0 aromatic rings. The molecule has 102 heavy (non-hydrogen) atoms. The minimum Gasteiger partial charge on any atom is -0.394 e. The first-order chi connectivity index (χ1) is 48.8. The van der Waals surface area contributed by atoms with Crippen LogP contribution >= 0.6 is 0 Å². The van der Waals surface area contributed by atoms with Gasteiger partial charge < -0.3 is 146 Å². The molecule has 38 heteroatoms. The SMILES string of the molecule is COC1CC(O)C(NC(=O)CCCCCCCCCCC(=O)NC(CCC(=O)NC(CCC(=O)NCCOCCOC2OC(CO)C(O)C(O)C2NC(C)=O)C(=O)NCCOCCOC2O[C@H](CO)C(O)C(O)C2NC(C)=O)C(=O)NCCOCCOC2OC(CO)C(O)C(O)C2NC(C)=O)C1. The summed E-state index contributed by atoms with van der Waals surface area (Å²) in [5.74, 6) is -4.90. The normalized spacial score (nSPS) is 28.4. The van der Waals surface area contributed by atoms with Crippen molar-refractivity contribution in [3.05, 3.63) is 0 Å². The Labute approximate surface area is 592 Å². The fourth-order valence-electron chi connectivity index (χ4n) is 11.8. The molecule has 0 bridgehead atoms. The number of hydrogen-bond donors (Lipinski definition) is 19. The highest BCUT2D eigenvalue weighted by atomic mass is 16.7. The van der Waals surface area contributed by atoms with Crippen molar-refractivity contribution in [2.24, 2.45) is 0 Å². The van der Waals surface area contributed by atoms with E-state index in [-0.39, 0.29) is 123 Å². The molecule has 3 aliphatic heterocycles. The van der Waals surface area contributed by atoms with E-state index in [1.807, 2.05) is 0 Å². The van der Waals surface area contributed by atoms with Crippen LogP contribution in [0.4, 0.5) is 0 Å². The summed E-state index contributed by atoms with van der Waals surface area (Å²) in [6.07, 6.45) is -10.8. The first-order valence-corrected chi connectivity index (χ1v) is 35.0. The summed E-state index contributed by atoms with van der Waals surface area (Å²) < 4.78 is 55.7. The van der Waals surface area contributed by atoms with Crippen LogP contribution in [-0.2, 0) is 90.5 Å². The lowest BCUT2D eigenvalue weighted by Gasteiger charge is -2.42. The third-order valence-corrected chi connectivity index (χ3v) is 17.3. The average molecular weight is 1470 g/mol. The Kier molecular flexibility index (Phi) is 42.9. The van der Waals surface area contributed by atoms with Crippen molar-refractivity contribution < 1.29 is 142 Å². The van der Waals surface area contributed by atoms with Crippen LogP contribution in [0.5, 0.6) is 0 Å². The van der Waals surface area contributed by atoms with Gasteiger partial charge in [0.15, 0.2) is 18.9 Å². The Bertz CT molecular complexity index is 2500. The Hall–Kier alpha value is -5.57. The van der Waals surface area contributed by atoms with Gasteiger partial charge in [0.05, 0.1) is 97.5 Å². The van der Waals surface area contributed by atoms with E-state index in [1.54, 1.807) is 7.11 Å². The summed E-state index contributed by atoms with van der Waals surface area (Å²) in [4.78, 5) is 116. The van der Waals surface area contributed by atoms with Gasteiger partial charge in [-0.3, -0.25) is 43.2 Å². The van der Waals surface area contributed by atoms with Crippen LogP contribution in [-0.4, -0.2) is 333 Å². The van der Waals surface area contributed by atoms with Gasteiger partial charge in [-0.1, -0.05) is 38.5 Å². The maximum absolute atomic E-state index is 13.8. The molecular formula is C64H113N9O29. The highest BCUT2D eigenvalue weighted by molar-refractivity contribution is 5.90. The van der Waals surface area contributed by atoms with E-state index < -0.39 is 184 Å². The van der Waals surface area contributed by atoms with Crippen LogP contribution in [0.3, 0.4) is 0 Å². The number of carbonyl (C=O) groups is 9. The predicted molar refractivity (Wildman–Crippen MR) is 352 cm³/mol. The van der Waals surface area contributed by atoms with Crippen LogP contribution < -0.4 is 47.9 Å². The zero-order chi connectivity index (χ0) is 75.1. The number of hydrogen-bond acceptors (Lipinski definition) is 29. The maximum atomic E-state index is 13.8. The van der Waals surface area contributed by atoms with E-state index in [4.69, 9.17) is 47.4 Å². The minimum atomic E-state index is -1.54. The van der Waals surface area contributed by atoms with Crippen LogP contribution in [0.25, 0.3) is 0 Å². The molecule has 1 aliphatic carbocycles. The number of aliphatic hydroxyl groups excluding tert-OH is 10. The van der Waals surface area contributed by atoms with Crippen molar-refractivity contribution in [1.29, 1.82) is 0 Å². The number of ether oxygens (including phenoxy) is 10. The van der Waals surface area contributed by atoms with E-state index in [0.717, 1.165) is 32.1 Å². The first-order valence-electron chi connectivity index (χ1n) is 35.0. The van der Waals surface area contributed by atoms with Gasteiger partial charge in [0.2, 0.25) is 53.2 Å². The van der Waals surface area contributed by atoms with Crippen LogP contribution in [0.1, 0.15) is 124 Å². The molecular weight excluding hydrogens is 1360 g/mol. The predicted octanol–water partition coefficient (Wildman–Crippen LogP) is -7.65. The molecule has 38 nitrogen and oxygen atoms in total. The van der Waals surface area contributed by atoms with Crippen molar-refractivity contribution in [2.45, 2.75) is 246 Å². The van der Waals surface area contributed by atoms with Gasteiger partial charge in [0.1, 0.15) is 85.1 Å². The van der Waals surface area contributed by atoms with Crippen LogP contribution in [0.15, 0.2) is 0 Å². The molecule has 0 aromatic carbocycles. The molecule has 3 saturated heterocycles. The largest absolute Gasteiger partial charge is 0.394 e. The van der Waals surface area contributed by atoms with Gasteiger partial charge in [-0.25, -0.2) is 0 Å². The zero-order valence-corrected chi connectivity index (χ0v) is 58.7. The van der Waals surface area contributed by atoms with Gasteiger partial charge in [-0.15, -0.1) is 0 Å². The number of rotatable bonds is 50. The first kappa shape index (κ1) is 88.8. The van der Waals surface area contributed by atoms with Crippen LogP contribution in [0, 0.1) is 0 Å². The molecule has 0 aromatic heterocycles. The monoisotopic (exact) mass is 1470 g/mol. The lowest BCUT2D eigenvalue weighted by atomic mass is 9.97. The Morgan fingerprint density at radius 3 is 1.10 bits per heavy atom. The number of amides is 9. The number of nitrogens with one attached hydrogen (secondary N) is 9. The van der Waals surface area contributed by atoms with Gasteiger partial charge in [0.25, 0.3) is 0 Å². The third-order valence-electron chi connectivity index (χ3n) is 17.3. The van der Waals surface area contributed by atoms with E-state index in [0.29, 0.717) is 38.5 Å². The van der Waals surface area contributed by atoms with E-state index in [2.05, 4.69) is 47.9 Å². The molecule has 9 amide bonds. The number of unbranched alkanes of at least 4 members (excludes halogenated alkanes) is 7. The lowest BCUT2D eigenvalue weighted by molar-refractivity contribution is -0.272. The summed E-state index contributed by atoms with van der Waals surface area (Å²) in [5.41, 5.74) is 0. The Morgan fingerprint density at radius 2 is 0.745 bits per heavy atom. The van der Waals surface area contributed by atoms with E-state index in [9.17, 15) is 94.2 Å². The molecule has 4 fully saturated rings. The van der Waals surface area contributed by atoms with Crippen molar-refractivity contribution >= 4 is 53.2 Å². The average Bonchev–Trinajstić information content (AvgIpc) is 1.05. The van der Waals surface area contributed by atoms with Gasteiger partial charge in [-0.05, 0) is 32.1 Å². The van der Waals surface area contributed by atoms with Crippen LogP contribution in [0.2, 0.25) is 0 Å². The second kappa shape index (κ2) is 49.3. The van der Waals surface area contributed by atoms with E-state index >= 15 is 0 Å². The Balaban J connectivity index is 1.32. The highest BCUT2D eigenvalue weighted by Crippen LogP contribution is 2.26. The number of aliphatic hydroxyl groups is 10. The number of carbonyl (C=O) groups excluding carboxylic acids is 9. The summed E-state index contributed by atoms with van der Waals surface area (Å²) >= 11 is 0. The van der Waals surface area contributed by atoms with Crippen molar-refractivity contribution in [3.63, 3.8) is 0 Å². The van der Waals surface area contributed by atoms with Gasteiger partial charge >= 0.3 is 0 Å². The summed E-state index contributed by atoms with van der Waals surface area (Å²) in [6.45, 7) is 0.449. The lowest BCUT2D eigenvalue weighted by Crippen LogP contribution is -2.64. The van der Waals surface area contributed by atoms with Crippen molar-refractivity contribution in [2.75, 3.05) is 106 Å². The fourth-order valence-corrected chi connectivity index (χ4v) is 11.8. The Morgan fingerprint density at radius 1 is 0.402 bits per heavy atom. The summed E-state index contributed by atoms with van der Waals surface area (Å²) in [7, 11) is 1.58. The molecule has 0 spiro atoms. The standard InChI is InChI=1S/C64H113N9O29/c1-36(77)68-51-57(88)54(85)44(33-74)100-62(51)97-28-25-94-22-19-65-47(81)17-15-40(60(91)66-20-23-95-26-29-98-63-52(69-37(2)78)58(89)55(86)45(34-75)101-63)72-50(84)18-16-41(61(92)67-21-24-96-27-30-99-64-53(70-38(3)79)59(90)56(87)46(35-76)102-64)71-48(82)13-11-9-7-5-6-8-10-12-14-49(83)73-42-31-39(93-4)32-43(42)80/h39-46,51-59,62-64,74-76,80,85-90H,5-35H2,1-4H3,(H,65,81)(H,66,91)(H,67,92)(H,68,77)(H,69,78)(H,70,79)(H,71,82)(H,72,84)(H,73,83)/t39?,40?,41?,42?,43?,44?,45-,46?,51?,52?,53?,54?,55?,56?,57?,58?,59?,62?,63?,64?/m1/s1. The maximum Gasteiger partial charge on any atom is 0.242 e. The molecule has 19 unspecified atom stereocenters. The van der Waals surface area contributed by atoms with E-state index in [1.165, 1.54) is 20.8 Å². The topological polar surface area (TPSA) is 556 Å². The summed E-state index contributed by atoms with van der Waals surface area (Å²) in [5, 5.41) is 125. The van der Waals surface area contributed by atoms with Crippen molar-refractivity contribution in [3.8, 4) is 0 Å². The van der Waals surface area contributed by atoms with Gasteiger partial charge in [0, 0.05) is 79.6 Å². The number of methoxy groups -OCH3 is 1. The molecule has 19 N–H and O–H groups in total. The fraction of sp³-hybridized carbons (Fsp3) is 0.859. The van der Waals surface area contributed by atoms with Gasteiger partial charge in [-0.2, -0.15) is 0 Å². The molecule has 588 valence electrons. The molecule has 4 aliphatic rings. The summed E-state index contributed by atoms with van der Waals surface area (Å²) in [6, 6.07) is -6.47. The third kappa shape index (κ3) is 32.4. The molecule has 0 radical (unpaired) electrons. The second-order valence-corrected chi connectivity index (χ2v) is 25.4. The van der Waals surface area contributed by atoms with Crippen molar-refractivity contribution in [1.82, 2.24) is 47.9 Å². The molecule has 20 atom stereocenters. The highest BCUT2D eigenvalue weighted by Gasteiger charge is 2.48. The molecule has 4 rings (SSSR count). The minimum absolute atomic E-state index is 0.0206. The smallest absolute Gasteiger partial charge is 0.242 e. The zero-order valence-electron chi connectivity index (χ0n) is 58.7. The second-order valence-electron chi connectivity index (χ2n) is 25.4. The molecule has 3 heterocycles. The molecule has 1 saturated carbocycles.